The number of aromatic nitrogens is 1. The van der Waals surface area contributed by atoms with E-state index in [4.69, 9.17) is 4.42 Å². The fourth-order valence-electron chi connectivity index (χ4n) is 2.61. The van der Waals surface area contributed by atoms with Crippen LogP contribution >= 0.6 is 0 Å². The molecule has 130 valence electrons. The third-order valence-electron chi connectivity index (χ3n) is 4.03. The van der Waals surface area contributed by atoms with Gasteiger partial charge in [0.2, 0.25) is 0 Å². The number of aliphatic hydroxyl groups is 1. The first-order chi connectivity index (χ1) is 11.9. The van der Waals surface area contributed by atoms with Crippen LogP contribution in [0.2, 0.25) is 0 Å². The van der Waals surface area contributed by atoms with Gasteiger partial charge in [0.05, 0.1) is 12.1 Å². The minimum absolute atomic E-state index is 0.0142. The summed E-state index contributed by atoms with van der Waals surface area (Å²) in [7, 11) is 0. The van der Waals surface area contributed by atoms with Crippen molar-refractivity contribution in [2.45, 2.75) is 26.3 Å². The maximum atomic E-state index is 12.9. The van der Waals surface area contributed by atoms with Gasteiger partial charge in [-0.05, 0) is 31.5 Å². The topological polar surface area (TPSA) is 83.6 Å². The molecule has 0 aliphatic carbocycles. The first kappa shape index (κ1) is 16.9. The molecule has 25 heavy (non-hydrogen) atoms. The zero-order valence-electron chi connectivity index (χ0n) is 13.8. The van der Waals surface area contributed by atoms with E-state index in [1.54, 1.807) is 26.0 Å². The van der Waals surface area contributed by atoms with E-state index in [0.29, 0.717) is 12.3 Å². The van der Waals surface area contributed by atoms with Crippen molar-refractivity contribution in [2.24, 2.45) is 0 Å². The average molecular weight is 344 g/mol. The van der Waals surface area contributed by atoms with Gasteiger partial charge in [0.15, 0.2) is 11.6 Å². The summed E-state index contributed by atoms with van der Waals surface area (Å²) in [6.07, 6.45) is 1.55. The monoisotopic (exact) mass is 344 g/mol. The number of rotatable bonds is 4. The normalized spacial score (nSPS) is 16.9. The Hall–Kier alpha value is -2.96. The highest BCUT2D eigenvalue weighted by Gasteiger charge is 2.38. The van der Waals surface area contributed by atoms with E-state index in [-0.39, 0.29) is 35.4 Å². The van der Waals surface area contributed by atoms with Crippen molar-refractivity contribution in [3.8, 4) is 0 Å². The molecule has 1 saturated heterocycles. The molecule has 1 aliphatic heterocycles. The summed E-state index contributed by atoms with van der Waals surface area (Å²) in [5, 5.41) is 10.3. The highest BCUT2D eigenvalue weighted by molar-refractivity contribution is 6.46. The van der Waals surface area contributed by atoms with E-state index in [9.17, 15) is 19.1 Å². The molecule has 2 aromatic rings. The van der Waals surface area contributed by atoms with E-state index in [2.05, 4.69) is 4.98 Å². The maximum absolute atomic E-state index is 12.9. The molecule has 1 aliphatic rings. The highest BCUT2D eigenvalue weighted by Crippen LogP contribution is 2.24. The minimum Gasteiger partial charge on any atom is -0.505 e. The second kappa shape index (κ2) is 6.51. The zero-order valence-corrected chi connectivity index (χ0v) is 13.8. The van der Waals surface area contributed by atoms with Crippen LogP contribution < -0.4 is 0 Å². The highest BCUT2D eigenvalue weighted by atomic mass is 19.1. The van der Waals surface area contributed by atoms with Crippen molar-refractivity contribution in [3.63, 3.8) is 0 Å². The summed E-state index contributed by atoms with van der Waals surface area (Å²) >= 11 is 0. The third-order valence-corrected chi connectivity index (χ3v) is 4.03. The van der Waals surface area contributed by atoms with Crippen LogP contribution in [0.4, 0.5) is 4.39 Å². The molecule has 1 fully saturated rings. The van der Waals surface area contributed by atoms with Gasteiger partial charge in [-0.3, -0.25) is 9.59 Å². The summed E-state index contributed by atoms with van der Waals surface area (Å²) in [5.41, 5.74) is 0.902. The molecule has 1 aromatic carbocycles. The largest absolute Gasteiger partial charge is 0.505 e. The second-order valence-corrected chi connectivity index (χ2v) is 6.11. The first-order valence-electron chi connectivity index (χ1n) is 7.83. The molecule has 1 amide bonds. The Balaban J connectivity index is 1.83. The number of carbonyl (C=O) groups is 2. The lowest BCUT2D eigenvalue weighted by Crippen LogP contribution is -2.33. The van der Waals surface area contributed by atoms with Crippen molar-refractivity contribution in [2.75, 3.05) is 6.54 Å². The minimum atomic E-state index is -0.728. The molecule has 2 heterocycles. The Morgan fingerprint density at radius 3 is 2.60 bits per heavy atom. The molecule has 7 heteroatoms. The fourth-order valence-corrected chi connectivity index (χ4v) is 2.61. The summed E-state index contributed by atoms with van der Waals surface area (Å²) in [5.74, 6) is -1.74. The average Bonchev–Trinajstić information content (AvgIpc) is 3.15. The van der Waals surface area contributed by atoms with Crippen LogP contribution in [-0.4, -0.2) is 39.3 Å². The molecular formula is C18H17FN2O4. The third kappa shape index (κ3) is 3.31. The number of carbonyl (C=O) groups excluding carboxylic acids is 2. The van der Waals surface area contributed by atoms with Crippen LogP contribution in [0.25, 0.3) is 5.76 Å². The van der Waals surface area contributed by atoms with Gasteiger partial charge in [-0.15, -0.1) is 0 Å². The molecule has 0 bridgehead atoms. The number of nitrogens with zero attached hydrogens (tertiary/aromatic N) is 2. The summed E-state index contributed by atoms with van der Waals surface area (Å²) < 4.78 is 18.2. The number of aliphatic hydroxyl groups excluding tert-OH is 1. The second-order valence-electron chi connectivity index (χ2n) is 6.11. The number of ketones is 1. The van der Waals surface area contributed by atoms with Gasteiger partial charge in [-0.2, -0.15) is 0 Å². The van der Waals surface area contributed by atoms with E-state index in [0.717, 1.165) is 5.56 Å². The number of halogens is 1. The standard InChI is InChI=1S/C18H17FN2O4/c1-10(2)21-8-13(17(23)18(21)24)16(22)14-9-25-15(20-14)7-11-3-5-12(19)6-4-11/h3-6,9-10,22H,7-8H2,1-2H3/b16-13+. The lowest BCUT2D eigenvalue weighted by molar-refractivity contribution is -0.140. The van der Waals surface area contributed by atoms with Crippen LogP contribution in [0.1, 0.15) is 31.0 Å². The van der Waals surface area contributed by atoms with E-state index < -0.39 is 11.7 Å². The van der Waals surface area contributed by atoms with Crippen molar-refractivity contribution in [1.82, 2.24) is 9.88 Å². The molecule has 1 aromatic heterocycles. The number of hydrogen-bond acceptors (Lipinski definition) is 5. The number of Topliss-reactive ketones (excluding diaryl/α,β-unsaturated/α-hetero) is 1. The summed E-state index contributed by atoms with van der Waals surface area (Å²) in [4.78, 5) is 29.5. The molecule has 1 N–H and O–H groups in total. The van der Waals surface area contributed by atoms with E-state index in [1.165, 1.54) is 23.3 Å². The van der Waals surface area contributed by atoms with Crippen LogP contribution in [0, 0.1) is 5.82 Å². The number of likely N-dealkylation sites (tertiary alicyclic amines) is 1. The van der Waals surface area contributed by atoms with Crippen LogP contribution in [0.5, 0.6) is 0 Å². The van der Waals surface area contributed by atoms with Crippen LogP contribution in [-0.2, 0) is 16.0 Å². The Kier molecular flexibility index (Phi) is 4.39. The van der Waals surface area contributed by atoms with Gasteiger partial charge in [-0.1, -0.05) is 12.1 Å². The predicted octanol–water partition coefficient (Wildman–Crippen LogP) is 2.49. The SMILES string of the molecule is CC(C)N1C/C(=C(\O)c2coc(Cc3ccc(F)cc3)n2)C(=O)C1=O. The van der Waals surface area contributed by atoms with Crippen molar-refractivity contribution in [1.29, 1.82) is 0 Å². The molecule has 0 atom stereocenters. The number of amides is 1. The van der Waals surface area contributed by atoms with Gasteiger partial charge >= 0.3 is 0 Å². The molecular weight excluding hydrogens is 327 g/mol. The van der Waals surface area contributed by atoms with Crippen molar-refractivity contribution < 1.29 is 23.5 Å². The molecule has 0 saturated carbocycles. The van der Waals surface area contributed by atoms with Gasteiger partial charge < -0.3 is 14.4 Å². The lowest BCUT2D eigenvalue weighted by Gasteiger charge is -2.18. The molecule has 0 spiro atoms. The Morgan fingerprint density at radius 2 is 2.00 bits per heavy atom. The smallest absolute Gasteiger partial charge is 0.295 e. The lowest BCUT2D eigenvalue weighted by atomic mass is 10.1. The number of benzene rings is 1. The van der Waals surface area contributed by atoms with E-state index >= 15 is 0 Å². The molecule has 6 nitrogen and oxygen atoms in total. The zero-order chi connectivity index (χ0) is 18.1. The van der Waals surface area contributed by atoms with Crippen LogP contribution in [0.15, 0.2) is 40.5 Å². The summed E-state index contributed by atoms with van der Waals surface area (Å²) in [6.45, 7) is 3.63. The fraction of sp³-hybridized carbons (Fsp3) is 0.278. The predicted molar refractivity (Wildman–Crippen MR) is 87.1 cm³/mol. The number of oxazole rings is 1. The van der Waals surface area contributed by atoms with Crippen LogP contribution in [0.3, 0.4) is 0 Å². The van der Waals surface area contributed by atoms with Gasteiger partial charge in [0.25, 0.3) is 11.7 Å². The van der Waals surface area contributed by atoms with Gasteiger partial charge in [0.1, 0.15) is 17.8 Å². The van der Waals surface area contributed by atoms with Gasteiger partial charge in [-0.25, -0.2) is 9.37 Å². The molecule has 0 unspecified atom stereocenters. The summed E-state index contributed by atoms with van der Waals surface area (Å²) in [6, 6.07) is 5.74. The van der Waals surface area contributed by atoms with E-state index in [1.807, 2.05) is 0 Å². The van der Waals surface area contributed by atoms with Crippen molar-refractivity contribution in [3.05, 3.63) is 59.1 Å². The Morgan fingerprint density at radius 1 is 1.32 bits per heavy atom. The number of hydrogen-bond donors (Lipinski definition) is 1. The molecule has 3 rings (SSSR count). The first-order valence-corrected chi connectivity index (χ1v) is 7.83. The Bertz CT molecular complexity index is 852. The molecule has 0 radical (unpaired) electrons. The quantitative estimate of drug-likeness (QED) is 0.523. The van der Waals surface area contributed by atoms with Gasteiger partial charge in [0, 0.05) is 12.5 Å². The van der Waals surface area contributed by atoms with Crippen molar-refractivity contribution >= 4 is 17.4 Å². The maximum Gasteiger partial charge on any atom is 0.295 e. The Labute approximate surface area is 143 Å².